The normalized spacial score (nSPS) is 11.6. The first-order chi connectivity index (χ1) is 24.4. The van der Waals surface area contributed by atoms with Crippen molar-refractivity contribution in [1.82, 2.24) is 9.31 Å². The van der Waals surface area contributed by atoms with Crippen LogP contribution in [0.2, 0.25) is 0 Å². The van der Waals surface area contributed by atoms with Gasteiger partial charge in [0, 0.05) is 17.5 Å². The number of carbonyl (C=O) groups is 2. The first-order valence-corrected chi connectivity index (χ1v) is 17.3. The summed E-state index contributed by atoms with van der Waals surface area (Å²) in [6.45, 7) is -0.780. The quantitative estimate of drug-likeness (QED) is 0.0380. The highest BCUT2D eigenvalue weighted by molar-refractivity contribution is 7.89. The number of benzene rings is 4. The first-order valence-electron chi connectivity index (χ1n) is 15.9. The number of methoxy groups -OCH3 is 2. The number of rotatable bonds is 18. The SMILES string of the molecule is COc1cc2ccc(S(=O)(=O)N([C@@H](CCCN=C(N)N)C(=O)N(CCc3ccccc3)CC(=O)OCc3ccccc3)[N+](=O)[O-])cc2cc1OC. The Morgan fingerprint density at radius 1 is 0.882 bits per heavy atom. The van der Waals surface area contributed by atoms with Gasteiger partial charge in [0.15, 0.2) is 28.5 Å². The molecule has 0 bridgehead atoms. The summed E-state index contributed by atoms with van der Waals surface area (Å²) in [6, 6.07) is 23.2. The maximum absolute atomic E-state index is 14.4. The average Bonchev–Trinajstić information content (AvgIpc) is 3.12. The van der Waals surface area contributed by atoms with E-state index in [1.807, 2.05) is 24.3 Å². The Morgan fingerprint density at radius 3 is 2.08 bits per heavy atom. The molecule has 0 radical (unpaired) electrons. The number of guanidine groups is 1. The van der Waals surface area contributed by atoms with E-state index in [9.17, 15) is 28.1 Å². The molecule has 0 spiro atoms. The van der Waals surface area contributed by atoms with Gasteiger partial charge in [-0.3, -0.25) is 14.6 Å². The Kier molecular flexibility index (Phi) is 13.1. The smallest absolute Gasteiger partial charge is 0.325 e. The number of nitrogens with zero attached hydrogens (tertiary/aromatic N) is 4. The van der Waals surface area contributed by atoms with Gasteiger partial charge in [0.25, 0.3) is 5.91 Å². The van der Waals surface area contributed by atoms with Gasteiger partial charge >= 0.3 is 16.0 Å². The van der Waals surface area contributed by atoms with E-state index in [1.165, 1.54) is 38.5 Å². The lowest BCUT2D eigenvalue weighted by Crippen LogP contribution is -2.54. The molecular weight excluding hydrogens is 680 g/mol. The van der Waals surface area contributed by atoms with Crippen LogP contribution in [-0.4, -0.2) is 80.5 Å². The number of nitrogens with two attached hydrogens (primary N) is 2. The van der Waals surface area contributed by atoms with Gasteiger partial charge < -0.3 is 30.6 Å². The molecule has 1 amide bonds. The number of hydrogen-bond donors (Lipinski definition) is 2. The van der Waals surface area contributed by atoms with Crippen LogP contribution in [0.4, 0.5) is 0 Å². The van der Waals surface area contributed by atoms with Gasteiger partial charge in [0.05, 0.1) is 19.1 Å². The number of carbonyl (C=O) groups excluding carboxylic acids is 2. The largest absolute Gasteiger partial charge is 0.493 e. The van der Waals surface area contributed by atoms with Crippen molar-refractivity contribution in [2.24, 2.45) is 16.5 Å². The van der Waals surface area contributed by atoms with E-state index in [0.717, 1.165) is 10.5 Å². The molecule has 16 heteroatoms. The van der Waals surface area contributed by atoms with Gasteiger partial charge in [-0.1, -0.05) is 66.7 Å². The number of sulfonamides is 1. The number of hydrogen-bond acceptors (Lipinski definition) is 10. The van der Waals surface area contributed by atoms with E-state index >= 15 is 0 Å². The molecule has 15 nitrogen and oxygen atoms in total. The molecule has 4 rings (SSSR count). The molecule has 1 atom stereocenters. The highest BCUT2D eigenvalue weighted by Crippen LogP contribution is 2.34. The first kappa shape index (κ1) is 37.9. The molecule has 0 heterocycles. The fourth-order valence-electron chi connectivity index (χ4n) is 5.34. The zero-order chi connectivity index (χ0) is 37.0. The minimum absolute atomic E-state index is 0.00609. The average molecular weight is 721 g/mol. The minimum atomic E-state index is -4.99. The molecule has 0 aliphatic rings. The molecule has 0 saturated heterocycles. The van der Waals surface area contributed by atoms with Crippen molar-refractivity contribution in [3.63, 3.8) is 0 Å². The topological polar surface area (TPSA) is 210 Å². The lowest BCUT2D eigenvalue weighted by atomic mass is 10.1. The van der Waals surface area contributed by atoms with Crippen LogP contribution < -0.4 is 20.9 Å². The van der Waals surface area contributed by atoms with Gasteiger partial charge in [-0.15, -0.1) is 0 Å². The van der Waals surface area contributed by atoms with Crippen LogP contribution in [0.15, 0.2) is 101 Å². The van der Waals surface area contributed by atoms with Gasteiger partial charge in [0.1, 0.15) is 13.2 Å². The van der Waals surface area contributed by atoms with Crippen molar-refractivity contribution < 1.29 is 37.2 Å². The summed E-state index contributed by atoms with van der Waals surface area (Å²) >= 11 is 0. The highest BCUT2D eigenvalue weighted by Gasteiger charge is 2.45. The van der Waals surface area contributed by atoms with Gasteiger partial charge in [-0.2, -0.15) is 8.42 Å². The van der Waals surface area contributed by atoms with Gasteiger partial charge in [0.2, 0.25) is 0 Å². The van der Waals surface area contributed by atoms with Crippen molar-refractivity contribution >= 4 is 38.6 Å². The Hall–Kier alpha value is -5.90. The molecule has 0 fully saturated rings. The summed E-state index contributed by atoms with van der Waals surface area (Å²) in [5, 5.41) is 12.5. The minimum Gasteiger partial charge on any atom is -0.493 e. The molecule has 0 unspecified atom stereocenters. The van der Waals surface area contributed by atoms with Crippen molar-refractivity contribution in [1.29, 1.82) is 0 Å². The van der Waals surface area contributed by atoms with Crippen LogP contribution >= 0.6 is 0 Å². The predicted molar refractivity (Wildman–Crippen MR) is 190 cm³/mol. The van der Waals surface area contributed by atoms with Crippen molar-refractivity contribution in [2.75, 3.05) is 33.9 Å². The lowest BCUT2D eigenvalue weighted by molar-refractivity contribution is -0.625. The predicted octanol–water partition coefficient (Wildman–Crippen LogP) is 3.28. The maximum Gasteiger partial charge on any atom is 0.325 e. The van der Waals surface area contributed by atoms with Crippen LogP contribution in [0, 0.1) is 10.1 Å². The van der Waals surface area contributed by atoms with Crippen LogP contribution in [0.5, 0.6) is 11.5 Å². The molecule has 0 saturated carbocycles. The van der Waals surface area contributed by atoms with Gasteiger partial charge in [-0.05, 0) is 65.4 Å². The molecular formula is C35H40N6O9S. The third-order valence-corrected chi connectivity index (χ3v) is 9.62. The van der Waals surface area contributed by atoms with E-state index in [0.29, 0.717) is 27.8 Å². The second-order valence-electron chi connectivity index (χ2n) is 11.3. The maximum atomic E-state index is 14.4. The van der Waals surface area contributed by atoms with Gasteiger partial charge in [-0.25, -0.2) is 10.1 Å². The Balaban J connectivity index is 1.72. The van der Waals surface area contributed by atoms with E-state index in [2.05, 4.69) is 4.99 Å². The van der Waals surface area contributed by atoms with Crippen LogP contribution in [-0.2, 0) is 37.4 Å². The van der Waals surface area contributed by atoms with Crippen molar-refractivity contribution in [2.45, 2.75) is 36.8 Å². The van der Waals surface area contributed by atoms with E-state index in [4.69, 9.17) is 25.7 Å². The third kappa shape index (κ3) is 10.1. The number of hydrazine groups is 1. The molecule has 0 aromatic heterocycles. The number of fused-ring (bicyclic) bond motifs is 1. The molecule has 51 heavy (non-hydrogen) atoms. The summed E-state index contributed by atoms with van der Waals surface area (Å²) in [5.74, 6) is -1.29. The number of aliphatic imine (C=N–C) groups is 1. The second kappa shape index (κ2) is 17.7. The highest BCUT2D eigenvalue weighted by atomic mass is 32.2. The van der Waals surface area contributed by atoms with E-state index < -0.39 is 44.4 Å². The van der Waals surface area contributed by atoms with E-state index in [1.54, 1.807) is 42.5 Å². The third-order valence-electron chi connectivity index (χ3n) is 7.89. The second-order valence-corrected chi connectivity index (χ2v) is 13.1. The fourth-order valence-corrected chi connectivity index (χ4v) is 6.78. The molecule has 270 valence electrons. The van der Waals surface area contributed by atoms with Crippen LogP contribution in [0.25, 0.3) is 10.8 Å². The lowest BCUT2D eigenvalue weighted by Gasteiger charge is -2.29. The standard InChI is InChI=1S/C35H40N6O9S/c1-48-31-21-27-15-16-29(20-28(27)22-32(31)49-2)51(46,47)40(41(44)45)30(14-9-18-38-35(36)37)34(43)39(19-17-25-10-5-3-6-11-25)23-33(42)50-24-26-12-7-4-8-13-26/h3-8,10-13,15-16,20-22,30H,9,14,17-19,23-24H2,1-2H3,(H4,36,37,38)/t30-/m0/s1. The van der Waals surface area contributed by atoms with Crippen LogP contribution in [0.1, 0.15) is 24.0 Å². The molecule has 0 aliphatic carbocycles. The van der Waals surface area contributed by atoms with Crippen molar-refractivity contribution in [3.8, 4) is 11.5 Å². The molecule has 4 aromatic carbocycles. The zero-order valence-corrected chi connectivity index (χ0v) is 29.0. The zero-order valence-electron chi connectivity index (χ0n) is 28.2. The van der Waals surface area contributed by atoms with Crippen LogP contribution in [0.3, 0.4) is 0 Å². The molecule has 0 aliphatic heterocycles. The number of ether oxygens (including phenoxy) is 3. The molecule has 4 aromatic rings. The Bertz CT molecular complexity index is 1960. The number of nitro groups is 1. The summed E-state index contributed by atoms with van der Waals surface area (Å²) in [7, 11) is -2.12. The summed E-state index contributed by atoms with van der Waals surface area (Å²) in [6.07, 6.45) is -0.0936. The number of esters is 1. The monoisotopic (exact) mass is 720 g/mol. The summed E-state index contributed by atoms with van der Waals surface area (Å²) < 4.78 is 44.4. The summed E-state index contributed by atoms with van der Waals surface area (Å²) in [5.41, 5.74) is 12.4. The van der Waals surface area contributed by atoms with Crippen molar-refractivity contribution in [3.05, 3.63) is 112 Å². The fraction of sp³-hybridized carbons (Fsp3) is 0.286. The molecule has 4 N–H and O–H groups in total. The Labute approximate surface area is 295 Å². The number of amides is 1. The van der Waals surface area contributed by atoms with E-state index in [-0.39, 0.29) is 49.3 Å². The Morgan fingerprint density at radius 2 is 1.49 bits per heavy atom. The summed E-state index contributed by atoms with van der Waals surface area (Å²) in [4.78, 5) is 44.7.